The number of carbonyl (C=O) groups excluding carboxylic acids is 1. The van der Waals surface area contributed by atoms with Gasteiger partial charge in [-0.3, -0.25) is 4.79 Å². The van der Waals surface area contributed by atoms with Crippen molar-refractivity contribution in [3.8, 4) is 0 Å². The molecular formula is C17H21N5O. The zero-order valence-corrected chi connectivity index (χ0v) is 13.3. The highest BCUT2D eigenvalue weighted by Gasteiger charge is 2.17. The maximum Gasteiger partial charge on any atom is 0.215 e. The predicted molar refractivity (Wildman–Crippen MR) is 90.6 cm³/mol. The number of aromatic nitrogens is 2. The van der Waals surface area contributed by atoms with Crippen molar-refractivity contribution in [2.45, 2.75) is 6.42 Å². The molecular weight excluding hydrogens is 290 g/mol. The van der Waals surface area contributed by atoms with Gasteiger partial charge in [0, 0.05) is 25.8 Å². The smallest absolute Gasteiger partial charge is 0.215 e. The Bertz CT molecular complexity index is 703. The number of likely N-dealkylation sites (N-methyl/N-ethyl adjacent to an activating group) is 1. The lowest BCUT2D eigenvalue weighted by molar-refractivity contribution is 0.103. The Morgan fingerprint density at radius 1 is 1.13 bits per heavy atom. The van der Waals surface area contributed by atoms with E-state index in [1.165, 1.54) is 0 Å². The van der Waals surface area contributed by atoms with Crippen molar-refractivity contribution in [3.63, 3.8) is 0 Å². The largest absolute Gasteiger partial charge is 0.383 e. The number of anilines is 2. The van der Waals surface area contributed by atoms with E-state index >= 15 is 0 Å². The van der Waals surface area contributed by atoms with Crippen LogP contribution in [-0.4, -0.2) is 53.9 Å². The van der Waals surface area contributed by atoms with E-state index in [4.69, 9.17) is 5.73 Å². The van der Waals surface area contributed by atoms with E-state index in [-0.39, 0.29) is 11.6 Å². The van der Waals surface area contributed by atoms with E-state index < -0.39 is 0 Å². The standard InChI is InChI=1S/C17H21N5O/c1-21-9-4-10-22(12-11-21)15-7-2-6-14(20-15)16(23)13-5-3-8-19-17(13)18/h2-3,5-8H,4,9-12H2,1H3,(H2,18,19). The maximum atomic E-state index is 12.6. The normalized spacial score (nSPS) is 16.1. The minimum Gasteiger partial charge on any atom is -0.383 e. The summed E-state index contributed by atoms with van der Waals surface area (Å²) in [6.45, 7) is 3.94. The van der Waals surface area contributed by atoms with Crippen molar-refractivity contribution in [1.29, 1.82) is 0 Å². The second-order valence-corrected chi connectivity index (χ2v) is 5.79. The number of ketones is 1. The first-order valence-electron chi connectivity index (χ1n) is 7.81. The zero-order valence-electron chi connectivity index (χ0n) is 13.3. The fourth-order valence-electron chi connectivity index (χ4n) is 2.75. The molecule has 0 radical (unpaired) electrons. The molecule has 0 bridgehead atoms. The highest BCUT2D eigenvalue weighted by atomic mass is 16.1. The number of hydrogen-bond acceptors (Lipinski definition) is 6. The lowest BCUT2D eigenvalue weighted by atomic mass is 10.1. The molecule has 1 saturated heterocycles. The number of rotatable bonds is 3. The summed E-state index contributed by atoms with van der Waals surface area (Å²) in [4.78, 5) is 25.7. The molecule has 0 amide bonds. The summed E-state index contributed by atoms with van der Waals surface area (Å²) in [5.41, 5.74) is 6.60. The van der Waals surface area contributed by atoms with Gasteiger partial charge in [0.2, 0.25) is 5.78 Å². The predicted octanol–water partition coefficient (Wildman–Crippen LogP) is 1.43. The van der Waals surface area contributed by atoms with Crippen LogP contribution in [-0.2, 0) is 0 Å². The molecule has 0 aromatic carbocycles. The summed E-state index contributed by atoms with van der Waals surface area (Å²) in [7, 11) is 2.13. The van der Waals surface area contributed by atoms with Crippen molar-refractivity contribution in [1.82, 2.24) is 14.9 Å². The number of nitrogen functional groups attached to an aromatic ring is 1. The van der Waals surface area contributed by atoms with Gasteiger partial charge in [0.15, 0.2) is 0 Å². The highest BCUT2D eigenvalue weighted by molar-refractivity contribution is 6.10. The second kappa shape index (κ2) is 6.75. The van der Waals surface area contributed by atoms with Crippen molar-refractivity contribution < 1.29 is 4.79 Å². The monoisotopic (exact) mass is 311 g/mol. The highest BCUT2D eigenvalue weighted by Crippen LogP contribution is 2.17. The molecule has 2 aromatic rings. The van der Waals surface area contributed by atoms with Gasteiger partial charge in [-0.05, 0) is 44.3 Å². The molecule has 0 aliphatic carbocycles. The Morgan fingerprint density at radius 2 is 2.00 bits per heavy atom. The van der Waals surface area contributed by atoms with Crippen LogP contribution in [0.25, 0.3) is 0 Å². The fourth-order valence-corrected chi connectivity index (χ4v) is 2.75. The third-order valence-corrected chi connectivity index (χ3v) is 4.09. The molecule has 1 fully saturated rings. The van der Waals surface area contributed by atoms with Crippen LogP contribution >= 0.6 is 0 Å². The Labute approximate surface area is 135 Å². The number of nitrogens with zero attached hydrogens (tertiary/aromatic N) is 4. The Kier molecular flexibility index (Phi) is 4.52. The molecule has 0 unspecified atom stereocenters. The number of carbonyl (C=O) groups is 1. The van der Waals surface area contributed by atoms with Crippen LogP contribution in [0.5, 0.6) is 0 Å². The van der Waals surface area contributed by atoms with Gasteiger partial charge in [-0.15, -0.1) is 0 Å². The van der Waals surface area contributed by atoms with Crippen LogP contribution in [0.4, 0.5) is 11.6 Å². The van der Waals surface area contributed by atoms with E-state index in [0.29, 0.717) is 11.3 Å². The quantitative estimate of drug-likeness (QED) is 0.864. The lowest BCUT2D eigenvalue weighted by Crippen LogP contribution is -2.29. The van der Waals surface area contributed by atoms with Crippen LogP contribution in [0.15, 0.2) is 36.5 Å². The molecule has 6 nitrogen and oxygen atoms in total. The first kappa shape index (κ1) is 15.4. The Balaban J connectivity index is 1.85. The molecule has 0 saturated carbocycles. The second-order valence-electron chi connectivity index (χ2n) is 5.79. The van der Waals surface area contributed by atoms with E-state index in [0.717, 1.165) is 38.4 Å². The molecule has 2 N–H and O–H groups in total. The van der Waals surface area contributed by atoms with Crippen LogP contribution < -0.4 is 10.6 Å². The van der Waals surface area contributed by atoms with Gasteiger partial charge in [0.05, 0.1) is 5.56 Å². The molecule has 3 heterocycles. The SMILES string of the molecule is CN1CCCN(c2cccc(C(=O)c3cccnc3N)n2)CC1. The third-order valence-electron chi connectivity index (χ3n) is 4.09. The van der Waals surface area contributed by atoms with Crippen LogP contribution in [0.3, 0.4) is 0 Å². The topological polar surface area (TPSA) is 75.3 Å². The summed E-state index contributed by atoms with van der Waals surface area (Å²) in [6, 6.07) is 8.94. The summed E-state index contributed by atoms with van der Waals surface area (Å²) in [5.74, 6) is 0.888. The summed E-state index contributed by atoms with van der Waals surface area (Å²) in [5, 5.41) is 0. The third kappa shape index (κ3) is 3.48. The van der Waals surface area contributed by atoms with Crippen molar-refractivity contribution in [3.05, 3.63) is 47.8 Å². The first-order chi connectivity index (χ1) is 11.1. The number of hydrogen-bond donors (Lipinski definition) is 1. The number of pyridine rings is 2. The molecule has 0 atom stereocenters. The molecule has 23 heavy (non-hydrogen) atoms. The minimum absolute atomic E-state index is 0.190. The van der Waals surface area contributed by atoms with E-state index in [9.17, 15) is 4.79 Å². The van der Waals surface area contributed by atoms with Crippen LogP contribution in [0.1, 0.15) is 22.5 Å². The average molecular weight is 311 g/mol. The summed E-state index contributed by atoms with van der Waals surface area (Å²) >= 11 is 0. The van der Waals surface area contributed by atoms with Crippen molar-refractivity contribution >= 4 is 17.4 Å². The van der Waals surface area contributed by atoms with Gasteiger partial charge >= 0.3 is 0 Å². The van der Waals surface area contributed by atoms with Gasteiger partial charge < -0.3 is 15.5 Å². The Morgan fingerprint density at radius 3 is 2.83 bits per heavy atom. The van der Waals surface area contributed by atoms with Gasteiger partial charge in [-0.2, -0.15) is 0 Å². The van der Waals surface area contributed by atoms with Crippen molar-refractivity contribution in [2.24, 2.45) is 0 Å². The molecule has 6 heteroatoms. The lowest BCUT2D eigenvalue weighted by Gasteiger charge is -2.22. The van der Waals surface area contributed by atoms with E-state index in [2.05, 4.69) is 26.8 Å². The van der Waals surface area contributed by atoms with Crippen LogP contribution in [0, 0.1) is 0 Å². The fraction of sp³-hybridized carbons (Fsp3) is 0.353. The Hall–Kier alpha value is -2.47. The minimum atomic E-state index is -0.190. The van der Waals surface area contributed by atoms with Gasteiger partial charge in [0.25, 0.3) is 0 Å². The molecule has 1 aliphatic rings. The molecule has 2 aromatic heterocycles. The summed E-state index contributed by atoms with van der Waals surface area (Å²) < 4.78 is 0. The van der Waals surface area contributed by atoms with Crippen LogP contribution in [0.2, 0.25) is 0 Å². The average Bonchev–Trinajstić information content (AvgIpc) is 2.79. The first-order valence-corrected chi connectivity index (χ1v) is 7.81. The van der Waals surface area contributed by atoms with E-state index in [1.54, 1.807) is 24.4 Å². The molecule has 120 valence electrons. The zero-order chi connectivity index (χ0) is 16.2. The van der Waals surface area contributed by atoms with Crippen molar-refractivity contribution in [2.75, 3.05) is 43.9 Å². The maximum absolute atomic E-state index is 12.6. The van der Waals surface area contributed by atoms with Gasteiger partial charge in [-0.1, -0.05) is 6.07 Å². The van der Waals surface area contributed by atoms with E-state index in [1.807, 2.05) is 12.1 Å². The molecule has 1 aliphatic heterocycles. The number of nitrogens with two attached hydrogens (primary N) is 1. The molecule has 3 rings (SSSR count). The van der Waals surface area contributed by atoms with Gasteiger partial charge in [-0.25, -0.2) is 9.97 Å². The van der Waals surface area contributed by atoms with Gasteiger partial charge in [0.1, 0.15) is 17.3 Å². The summed E-state index contributed by atoms with van der Waals surface area (Å²) in [6.07, 6.45) is 2.66. The molecule has 0 spiro atoms.